The van der Waals surface area contributed by atoms with Crippen LogP contribution in [0.1, 0.15) is 36.6 Å². The van der Waals surface area contributed by atoms with Gasteiger partial charge in [0, 0.05) is 11.9 Å². The summed E-state index contributed by atoms with van der Waals surface area (Å²) in [5, 5.41) is 0. The van der Waals surface area contributed by atoms with Gasteiger partial charge < -0.3 is 16.5 Å². The molecule has 0 bridgehead atoms. The number of nitrogens with one attached hydrogen (secondary N) is 1. The quantitative estimate of drug-likeness (QED) is 0.698. The van der Waals surface area contributed by atoms with Crippen LogP contribution in [0.5, 0.6) is 0 Å². The van der Waals surface area contributed by atoms with Gasteiger partial charge in [-0.25, -0.2) is 0 Å². The molecular formula is C13H21N3O. The second-order valence-electron chi connectivity index (χ2n) is 4.26. The summed E-state index contributed by atoms with van der Waals surface area (Å²) < 4.78 is 0. The van der Waals surface area contributed by atoms with E-state index in [0.717, 1.165) is 29.7 Å². The lowest BCUT2D eigenvalue weighted by Crippen LogP contribution is -2.38. The Morgan fingerprint density at radius 1 is 1.59 bits per heavy atom. The molecule has 0 aliphatic heterocycles. The number of allylic oxidation sites excluding steroid dienone is 1. The van der Waals surface area contributed by atoms with Crippen molar-refractivity contribution in [2.45, 2.75) is 39.2 Å². The van der Waals surface area contributed by atoms with Crippen LogP contribution >= 0.6 is 0 Å². The van der Waals surface area contributed by atoms with Gasteiger partial charge in [0.2, 0.25) is 5.91 Å². The Bertz CT molecular complexity index is 407. The third kappa shape index (κ3) is 3.75. The molecule has 0 radical (unpaired) electrons. The second-order valence-corrected chi connectivity index (χ2v) is 4.26. The largest absolute Gasteiger partial charge is 0.368 e. The van der Waals surface area contributed by atoms with E-state index in [4.69, 9.17) is 11.5 Å². The molecule has 1 heterocycles. The van der Waals surface area contributed by atoms with Crippen LogP contribution in [0.15, 0.2) is 12.3 Å². The van der Waals surface area contributed by atoms with Gasteiger partial charge in [-0.2, -0.15) is 0 Å². The van der Waals surface area contributed by atoms with E-state index in [1.807, 2.05) is 13.1 Å². The van der Waals surface area contributed by atoms with E-state index < -0.39 is 11.9 Å². The molecule has 1 unspecified atom stereocenters. The van der Waals surface area contributed by atoms with Crippen molar-refractivity contribution in [1.82, 2.24) is 4.98 Å². The van der Waals surface area contributed by atoms with Crippen molar-refractivity contribution < 1.29 is 4.79 Å². The molecule has 1 aromatic heterocycles. The number of carbonyl (C=O) groups is 1. The molecule has 4 nitrogen and oxygen atoms in total. The van der Waals surface area contributed by atoms with E-state index >= 15 is 0 Å². The molecule has 4 heteroatoms. The molecule has 0 aliphatic rings. The molecule has 1 rings (SSSR count). The lowest BCUT2D eigenvalue weighted by molar-refractivity contribution is -0.119. The number of nitrogens with two attached hydrogens (primary N) is 2. The SMILES string of the molecule is CCCC=Cc1[nH]cc(CC(N)C(N)=O)c1C. The van der Waals surface area contributed by atoms with E-state index in [1.54, 1.807) is 0 Å². The van der Waals surface area contributed by atoms with Crippen molar-refractivity contribution in [3.8, 4) is 0 Å². The van der Waals surface area contributed by atoms with Gasteiger partial charge in [0.05, 0.1) is 6.04 Å². The van der Waals surface area contributed by atoms with Gasteiger partial charge in [0.15, 0.2) is 0 Å². The molecule has 0 aliphatic carbocycles. The van der Waals surface area contributed by atoms with Crippen molar-refractivity contribution in [1.29, 1.82) is 0 Å². The van der Waals surface area contributed by atoms with E-state index in [2.05, 4.69) is 24.1 Å². The highest BCUT2D eigenvalue weighted by Gasteiger charge is 2.13. The molecule has 0 fully saturated rings. The molecule has 0 aromatic carbocycles. The molecule has 17 heavy (non-hydrogen) atoms. The van der Waals surface area contributed by atoms with Gasteiger partial charge in [-0.1, -0.05) is 19.4 Å². The van der Waals surface area contributed by atoms with Crippen LogP contribution in [0.4, 0.5) is 0 Å². The van der Waals surface area contributed by atoms with Gasteiger partial charge in [-0.05, 0) is 37.0 Å². The molecule has 5 N–H and O–H groups in total. The average Bonchev–Trinajstić information content (AvgIpc) is 2.61. The molecule has 1 amide bonds. The minimum atomic E-state index is -0.614. The predicted octanol–water partition coefficient (Wildman–Crippen LogP) is 1.49. The number of aromatic amines is 1. The van der Waals surface area contributed by atoms with Gasteiger partial charge in [-0.15, -0.1) is 0 Å². The highest BCUT2D eigenvalue weighted by molar-refractivity contribution is 5.80. The first kappa shape index (κ1) is 13.5. The summed E-state index contributed by atoms with van der Waals surface area (Å²) in [6.45, 7) is 4.16. The molecule has 1 atom stereocenters. The Labute approximate surface area is 102 Å². The van der Waals surface area contributed by atoms with Crippen LogP contribution in [0.25, 0.3) is 6.08 Å². The molecule has 94 valence electrons. The fourth-order valence-electron chi connectivity index (χ4n) is 1.64. The average molecular weight is 235 g/mol. The Morgan fingerprint density at radius 3 is 2.88 bits per heavy atom. The van der Waals surface area contributed by atoms with Crippen LogP contribution in [0.2, 0.25) is 0 Å². The Morgan fingerprint density at radius 2 is 2.29 bits per heavy atom. The van der Waals surface area contributed by atoms with Gasteiger partial charge >= 0.3 is 0 Å². The number of rotatable bonds is 6. The van der Waals surface area contributed by atoms with E-state index in [9.17, 15) is 4.79 Å². The molecule has 0 spiro atoms. The van der Waals surface area contributed by atoms with Gasteiger partial charge in [0.1, 0.15) is 0 Å². The number of hydrogen-bond acceptors (Lipinski definition) is 2. The first-order valence-electron chi connectivity index (χ1n) is 5.94. The van der Waals surface area contributed by atoms with Crippen LogP contribution in [-0.4, -0.2) is 16.9 Å². The number of unbranched alkanes of at least 4 members (excludes halogenated alkanes) is 1. The number of aromatic nitrogens is 1. The fourth-order valence-corrected chi connectivity index (χ4v) is 1.64. The highest BCUT2D eigenvalue weighted by Crippen LogP contribution is 2.16. The summed E-state index contributed by atoms with van der Waals surface area (Å²) in [6.07, 6.45) is 8.78. The van der Waals surface area contributed by atoms with Gasteiger partial charge in [0.25, 0.3) is 0 Å². The lowest BCUT2D eigenvalue weighted by atomic mass is 10.0. The zero-order chi connectivity index (χ0) is 12.8. The number of carbonyl (C=O) groups excluding carboxylic acids is 1. The zero-order valence-electron chi connectivity index (χ0n) is 10.5. The van der Waals surface area contributed by atoms with Crippen molar-refractivity contribution in [3.63, 3.8) is 0 Å². The van der Waals surface area contributed by atoms with Crippen molar-refractivity contribution in [3.05, 3.63) is 29.1 Å². The minimum absolute atomic E-state index is 0.464. The fraction of sp³-hybridized carbons (Fsp3) is 0.462. The summed E-state index contributed by atoms with van der Waals surface area (Å²) in [4.78, 5) is 14.1. The monoisotopic (exact) mass is 235 g/mol. The second kappa shape index (κ2) is 6.25. The minimum Gasteiger partial charge on any atom is -0.368 e. The highest BCUT2D eigenvalue weighted by atomic mass is 16.1. The smallest absolute Gasteiger partial charge is 0.234 e. The Balaban J connectivity index is 2.73. The molecule has 1 aromatic rings. The maximum atomic E-state index is 10.9. The number of hydrogen-bond donors (Lipinski definition) is 3. The van der Waals surface area contributed by atoms with Crippen molar-refractivity contribution in [2.24, 2.45) is 11.5 Å². The number of amides is 1. The molecule has 0 saturated carbocycles. The Hall–Kier alpha value is -1.55. The number of H-pyrrole nitrogens is 1. The van der Waals surface area contributed by atoms with Crippen LogP contribution in [0.3, 0.4) is 0 Å². The maximum Gasteiger partial charge on any atom is 0.234 e. The summed E-state index contributed by atoms with van der Waals surface area (Å²) in [7, 11) is 0. The van der Waals surface area contributed by atoms with E-state index in [-0.39, 0.29) is 0 Å². The topological polar surface area (TPSA) is 84.9 Å². The van der Waals surface area contributed by atoms with E-state index in [1.165, 1.54) is 0 Å². The van der Waals surface area contributed by atoms with Crippen molar-refractivity contribution in [2.75, 3.05) is 0 Å². The summed E-state index contributed by atoms with van der Waals surface area (Å²) in [5.41, 5.74) is 14.0. The third-order valence-electron chi connectivity index (χ3n) is 2.83. The van der Waals surface area contributed by atoms with Gasteiger partial charge in [-0.3, -0.25) is 4.79 Å². The normalized spacial score (nSPS) is 13.1. The van der Waals surface area contributed by atoms with Crippen LogP contribution in [0, 0.1) is 6.92 Å². The standard InChI is InChI=1S/C13H21N3O/c1-3-4-5-6-12-9(2)10(8-16-12)7-11(14)13(15)17/h5-6,8,11,16H,3-4,7,14H2,1-2H3,(H2,15,17). The summed E-state index contributed by atoms with van der Waals surface area (Å²) in [5.74, 6) is -0.464. The summed E-state index contributed by atoms with van der Waals surface area (Å²) >= 11 is 0. The first-order chi connectivity index (χ1) is 8.06. The number of primary amides is 1. The maximum absolute atomic E-state index is 10.9. The van der Waals surface area contributed by atoms with Crippen molar-refractivity contribution >= 4 is 12.0 Å². The van der Waals surface area contributed by atoms with E-state index in [0.29, 0.717) is 6.42 Å². The van der Waals surface area contributed by atoms with Crippen LogP contribution < -0.4 is 11.5 Å². The van der Waals surface area contributed by atoms with Crippen LogP contribution in [-0.2, 0) is 11.2 Å². The lowest BCUT2D eigenvalue weighted by Gasteiger charge is -2.06. The third-order valence-corrected chi connectivity index (χ3v) is 2.83. The Kier molecular flexibility index (Phi) is 4.97. The summed E-state index contributed by atoms with van der Waals surface area (Å²) in [6, 6.07) is -0.614. The predicted molar refractivity (Wildman–Crippen MR) is 70.3 cm³/mol. The molecule has 0 saturated heterocycles. The molecular weight excluding hydrogens is 214 g/mol. The zero-order valence-corrected chi connectivity index (χ0v) is 10.5. The first-order valence-corrected chi connectivity index (χ1v) is 5.94.